The molecule has 0 atom stereocenters. The molecule has 0 saturated heterocycles. The van der Waals surface area contributed by atoms with Gasteiger partial charge in [0.1, 0.15) is 0 Å². The summed E-state index contributed by atoms with van der Waals surface area (Å²) >= 11 is 0. The number of carboxylic acid groups (broad SMARTS) is 1. The lowest BCUT2D eigenvalue weighted by atomic mass is 10.2. The third kappa shape index (κ3) is 4.27. The van der Waals surface area contributed by atoms with Crippen molar-refractivity contribution in [1.29, 1.82) is 0 Å². The van der Waals surface area contributed by atoms with Crippen molar-refractivity contribution in [3.05, 3.63) is 11.9 Å². The van der Waals surface area contributed by atoms with Gasteiger partial charge in [0.05, 0.1) is 6.20 Å². The van der Waals surface area contributed by atoms with Crippen molar-refractivity contribution in [3.63, 3.8) is 0 Å². The maximum Gasteiger partial charge on any atom is 0.422 e. The van der Waals surface area contributed by atoms with Crippen LogP contribution in [-0.2, 0) is 6.54 Å². The molecule has 8 heteroatoms. The standard InChI is InChI=1S/C10H13F3N2O3/c1-6(2)3-15-4-7(8(14-15)9(16)17)18-5-10(11,12)13/h4,6H,3,5H2,1-2H3,(H,16,17). The number of nitrogens with zero attached hydrogens (tertiary/aromatic N) is 2. The molecule has 1 aromatic rings. The molecule has 0 unspecified atom stereocenters. The Kier molecular flexibility index (Phi) is 4.20. The minimum absolute atomic E-state index is 0.182. The Morgan fingerprint density at radius 2 is 2.17 bits per heavy atom. The highest BCUT2D eigenvalue weighted by Gasteiger charge is 2.30. The third-order valence-electron chi connectivity index (χ3n) is 1.87. The lowest BCUT2D eigenvalue weighted by Crippen LogP contribution is -2.19. The molecule has 0 saturated carbocycles. The number of aromatic nitrogens is 2. The topological polar surface area (TPSA) is 64.3 Å². The Morgan fingerprint density at radius 3 is 2.61 bits per heavy atom. The van der Waals surface area contributed by atoms with Gasteiger partial charge in [-0.05, 0) is 5.92 Å². The van der Waals surface area contributed by atoms with Gasteiger partial charge in [0.2, 0.25) is 5.69 Å². The van der Waals surface area contributed by atoms with E-state index in [0.29, 0.717) is 6.54 Å². The van der Waals surface area contributed by atoms with E-state index in [1.807, 2.05) is 13.8 Å². The van der Waals surface area contributed by atoms with Crippen molar-refractivity contribution in [2.45, 2.75) is 26.6 Å². The van der Waals surface area contributed by atoms with Gasteiger partial charge in [-0.25, -0.2) is 4.79 Å². The van der Waals surface area contributed by atoms with Crippen LogP contribution in [0.5, 0.6) is 5.75 Å². The van der Waals surface area contributed by atoms with Gasteiger partial charge in [-0.2, -0.15) is 18.3 Å². The first-order chi connectivity index (χ1) is 8.19. The Hall–Kier alpha value is -1.73. The predicted molar refractivity (Wildman–Crippen MR) is 55.6 cm³/mol. The van der Waals surface area contributed by atoms with Crippen LogP contribution in [0.4, 0.5) is 13.2 Å². The monoisotopic (exact) mass is 266 g/mol. The molecule has 1 aromatic heterocycles. The number of hydrogen-bond acceptors (Lipinski definition) is 3. The number of alkyl halides is 3. The first-order valence-corrected chi connectivity index (χ1v) is 5.19. The fourth-order valence-corrected chi connectivity index (χ4v) is 1.28. The molecular weight excluding hydrogens is 253 g/mol. The molecule has 0 aliphatic carbocycles. The first-order valence-electron chi connectivity index (χ1n) is 5.19. The Morgan fingerprint density at radius 1 is 1.56 bits per heavy atom. The fraction of sp³-hybridized carbons (Fsp3) is 0.600. The third-order valence-corrected chi connectivity index (χ3v) is 1.87. The largest absolute Gasteiger partial charge is 0.480 e. The zero-order chi connectivity index (χ0) is 13.9. The predicted octanol–water partition coefficient (Wildman–Crippen LogP) is 2.18. The van der Waals surface area contributed by atoms with Gasteiger partial charge in [0, 0.05) is 6.54 Å². The maximum atomic E-state index is 12.0. The van der Waals surface area contributed by atoms with Gasteiger partial charge in [-0.3, -0.25) is 4.68 Å². The Balaban J connectivity index is 2.87. The van der Waals surface area contributed by atoms with E-state index in [9.17, 15) is 18.0 Å². The molecule has 102 valence electrons. The molecule has 0 aliphatic heterocycles. The zero-order valence-electron chi connectivity index (χ0n) is 9.86. The number of rotatable bonds is 5. The van der Waals surface area contributed by atoms with Gasteiger partial charge in [0.25, 0.3) is 0 Å². The molecule has 0 aliphatic rings. The Labute approximate surface area is 101 Å². The number of carboxylic acids is 1. The van der Waals surface area contributed by atoms with E-state index in [2.05, 4.69) is 9.84 Å². The zero-order valence-corrected chi connectivity index (χ0v) is 9.86. The highest BCUT2D eigenvalue weighted by atomic mass is 19.4. The Bertz CT molecular complexity index is 426. The highest BCUT2D eigenvalue weighted by Crippen LogP contribution is 2.22. The van der Waals surface area contributed by atoms with Crippen molar-refractivity contribution in [2.75, 3.05) is 6.61 Å². The van der Waals surface area contributed by atoms with Crippen LogP contribution < -0.4 is 4.74 Å². The van der Waals surface area contributed by atoms with Gasteiger partial charge >= 0.3 is 12.1 Å². The van der Waals surface area contributed by atoms with Crippen LogP contribution >= 0.6 is 0 Å². The van der Waals surface area contributed by atoms with Crippen LogP contribution in [0.25, 0.3) is 0 Å². The summed E-state index contributed by atoms with van der Waals surface area (Å²) in [6, 6.07) is 0. The van der Waals surface area contributed by atoms with Crippen LogP contribution in [0.3, 0.4) is 0 Å². The number of carbonyl (C=O) groups is 1. The minimum Gasteiger partial charge on any atom is -0.480 e. The van der Waals surface area contributed by atoms with Crippen molar-refractivity contribution in [1.82, 2.24) is 9.78 Å². The summed E-state index contributed by atoms with van der Waals surface area (Å²) in [5, 5.41) is 12.5. The van der Waals surface area contributed by atoms with Crippen molar-refractivity contribution >= 4 is 5.97 Å². The molecule has 0 amide bonds. The van der Waals surface area contributed by atoms with Crippen molar-refractivity contribution in [2.24, 2.45) is 5.92 Å². The smallest absolute Gasteiger partial charge is 0.422 e. The number of aromatic carboxylic acids is 1. The normalized spacial score (nSPS) is 11.9. The average molecular weight is 266 g/mol. The molecule has 0 aromatic carbocycles. The van der Waals surface area contributed by atoms with E-state index < -0.39 is 24.4 Å². The lowest BCUT2D eigenvalue weighted by Gasteiger charge is -2.07. The second-order valence-electron chi connectivity index (χ2n) is 4.17. The number of halogens is 3. The van der Waals surface area contributed by atoms with E-state index >= 15 is 0 Å². The van der Waals surface area contributed by atoms with Crippen LogP contribution in [0.2, 0.25) is 0 Å². The SMILES string of the molecule is CC(C)Cn1cc(OCC(F)(F)F)c(C(=O)O)n1. The molecule has 18 heavy (non-hydrogen) atoms. The van der Waals surface area contributed by atoms with Gasteiger partial charge < -0.3 is 9.84 Å². The maximum absolute atomic E-state index is 12.0. The molecule has 1 N–H and O–H groups in total. The molecule has 0 radical (unpaired) electrons. The van der Waals surface area contributed by atoms with E-state index in [0.717, 1.165) is 6.20 Å². The summed E-state index contributed by atoms with van der Waals surface area (Å²) < 4.78 is 41.7. The van der Waals surface area contributed by atoms with E-state index in [-0.39, 0.29) is 11.7 Å². The van der Waals surface area contributed by atoms with Crippen molar-refractivity contribution < 1.29 is 27.8 Å². The minimum atomic E-state index is -4.52. The fourth-order valence-electron chi connectivity index (χ4n) is 1.28. The second kappa shape index (κ2) is 5.28. The van der Waals surface area contributed by atoms with Crippen molar-refractivity contribution in [3.8, 4) is 5.75 Å². The molecule has 1 heterocycles. The summed E-state index contributed by atoms with van der Waals surface area (Å²) in [7, 11) is 0. The number of hydrogen-bond donors (Lipinski definition) is 1. The van der Waals surface area contributed by atoms with Crippen LogP contribution in [0.1, 0.15) is 24.3 Å². The summed E-state index contributed by atoms with van der Waals surface area (Å²) in [5.41, 5.74) is -0.514. The van der Waals surface area contributed by atoms with E-state index in [1.54, 1.807) is 0 Å². The summed E-state index contributed by atoms with van der Waals surface area (Å²) in [5.74, 6) is -1.61. The second-order valence-corrected chi connectivity index (χ2v) is 4.17. The van der Waals surface area contributed by atoms with Crippen LogP contribution in [-0.4, -0.2) is 33.6 Å². The molecule has 0 spiro atoms. The molecule has 1 rings (SSSR count). The van der Waals surface area contributed by atoms with Gasteiger partial charge in [0.15, 0.2) is 12.4 Å². The number of ether oxygens (including phenoxy) is 1. The first kappa shape index (κ1) is 14.3. The highest BCUT2D eigenvalue weighted by molar-refractivity contribution is 5.88. The van der Waals surface area contributed by atoms with Crippen LogP contribution in [0.15, 0.2) is 6.20 Å². The average Bonchev–Trinajstić information content (AvgIpc) is 2.56. The molecule has 0 fully saturated rings. The van der Waals surface area contributed by atoms with Gasteiger partial charge in [-0.1, -0.05) is 13.8 Å². The molecule has 0 bridgehead atoms. The summed E-state index contributed by atoms with van der Waals surface area (Å²) in [6.07, 6.45) is -3.36. The summed E-state index contributed by atoms with van der Waals surface area (Å²) in [4.78, 5) is 10.8. The molecular formula is C10H13F3N2O3. The molecule has 5 nitrogen and oxygen atoms in total. The quantitative estimate of drug-likeness (QED) is 0.887. The van der Waals surface area contributed by atoms with Crippen LogP contribution in [0, 0.1) is 5.92 Å². The summed E-state index contributed by atoms with van der Waals surface area (Å²) in [6.45, 7) is 2.60. The van der Waals surface area contributed by atoms with E-state index in [4.69, 9.17) is 5.11 Å². The van der Waals surface area contributed by atoms with Gasteiger partial charge in [-0.15, -0.1) is 0 Å². The lowest BCUT2D eigenvalue weighted by molar-refractivity contribution is -0.153. The van der Waals surface area contributed by atoms with E-state index in [1.165, 1.54) is 4.68 Å².